The number of halogens is 2. The molecule has 0 aliphatic rings. The summed E-state index contributed by atoms with van der Waals surface area (Å²) in [6, 6.07) is 4.89. The van der Waals surface area contributed by atoms with Gasteiger partial charge in [0, 0.05) is 7.14 Å². The number of benzene rings is 1. The second kappa shape index (κ2) is 5.01. The van der Waals surface area contributed by atoms with Crippen LogP contribution < -0.4 is 10.4 Å². The molecule has 0 nitrogen and oxygen atoms in total. The van der Waals surface area contributed by atoms with Crippen molar-refractivity contribution < 1.29 is 0 Å². The summed E-state index contributed by atoms with van der Waals surface area (Å²) in [5, 5.41) is 3.35. The monoisotopic (exact) mass is 474 g/mol. The van der Waals surface area contributed by atoms with Crippen molar-refractivity contribution in [2.24, 2.45) is 0 Å². The van der Waals surface area contributed by atoms with Crippen LogP contribution in [0.5, 0.6) is 0 Å². The largest absolute Gasteiger partial charge is 0.0774 e. The summed E-state index contributed by atoms with van der Waals surface area (Å²) in [5.74, 6) is 0. The quantitative estimate of drug-likeness (QED) is 0.450. The van der Waals surface area contributed by atoms with Crippen LogP contribution in [0.4, 0.5) is 0 Å². The van der Waals surface area contributed by atoms with E-state index < -0.39 is 16.1 Å². The summed E-state index contributed by atoms with van der Waals surface area (Å²) >= 11 is 4.93. The molecule has 16 heavy (non-hydrogen) atoms. The zero-order valence-electron chi connectivity index (χ0n) is 10.9. The molecule has 0 aliphatic carbocycles. The lowest BCUT2D eigenvalue weighted by Gasteiger charge is -2.28. The van der Waals surface area contributed by atoms with E-state index in [4.69, 9.17) is 0 Å². The van der Waals surface area contributed by atoms with Gasteiger partial charge in [0.05, 0.1) is 16.1 Å². The van der Waals surface area contributed by atoms with E-state index in [0.29, 0.717) is 0 Å². The molecule has 0 saturated heterocycles. The molecule has 1 aromatic carbocycles. The molecule has 0 N–H and O–H groups in total. The van der Waals surface area contributed by atoms with Gasteiger partial charge in [-0.2, -0.15) is 0 Å². The van der Waals surface area contributed by atoms with Crippen LogP contribution in [0.2, 0.25) is 39.3 Å². The number of rotatable bonds is 2. The maximum absolute atomic E-state index is 2.46. The Kier molecular flexibility index (Phi) is 4.75. The van der Waals surface area contributed by atoms with E-state index in [2.05, 4.69) is 96.6 Å². The van der Waals surface area contributed by atoms with Crippen molar-refractivity contribution in [1.29, 1.82) is 0 Å². The molecule has 0 bridgehead atoms. The van der Waals surface area contributed by atoms with Gasteiger partial charge in [-0.05, 0) is 57.3 Å². The fraction of sp³-hybridized carbons (Fsp3) is 0.500. The summed E-state index contributed by atoms with van der Waals surface area (Å²) in [6.07, 6.45) is 0. The van der Waals surface area contributed by atoms with Gasteiger partial charge in [-0.3, -0.25) is 0 Å². The topological polar surface area (TPSA) is 0 Å². The highest BCUT2D eigenvalue weighted by Gasteiger charge is 2.28. The van der Waals surface area contributed by atoms with Gasteiger partial charge in [0.15, 0.2) is 0 Å². The minimum Gasteiger partial charge on any atom is -0.0656 e. The third-order valence-corrected chi connectivity index (χ3v) is 9.80. The van der Waals surface area contributed by atoms with Gasteiger partial charge >= 0.3 is 0 Å². The van der Waals surface area contributed by atoms with E-state index in [0.717, 1.165) is 0 Å². The molecule has 90 valence electrons. The van der Waals surface area contributed by atoms with E-state index >= 15 is 0 Å². The highest BCUT2D eigenvalue weighted by molar-refractivity contribution is 14.1. The van der Waals surface area contributed by atoms with E-state index in [9.17, 15) is 0 Å². The van der Waals surface area contributed by atoms with Gasteiger partial charge in [-0.25, -0.2) is 0 Å². The first-order valence-electron chi connectivity index (χ1n) is 5.53. The molecule has 0 amide bonds. The van der Waals surface area contributed by atoms with Crippen molar-refractivity contribution in [2.75, 3.05) is 0 Å². The summed E-state index contributed by atoms with van der Waals surface area (Å²) in [5.41, 5.74) is 0. The lowest BCUT2D eigenvalue weighted by Crippen LogP contribution is -2.56. The average molecular weight is 474 g/mol. The van der Waals surface area contributed by atoms with Crippen LogP contribution in [0.3, 0.4) is 0 Å². The molecular weight excluding hydrogens is 454 g/mol. The third kappa shape index (κ3) is 3.55. The molecule has 0 radical (unpaired) electrons. The molecule has 0 atom stereocenters. The maximum atomic E-state index is 2.46. The normalized spacial score (nSPS) is 13.0. The first-order chi connectivity index (χ1) is 7.03. The van der Waals surface area contributed by atoms with E-state index in [-0.39, 0.29) is 0 Å². The summed E-state index contributed by atoms with van der Waals surface area (Å²) in [7, 11) is -2.43. The Balaban J connectivity index is 3.53. The van der Waals surface area contributed by atoms with Crippen molar-refractivity contribution in [1.82, 2.24) is 0 Å². The summed E-state index contributed by atoms with van der Waals surface area (Å²) in [4.78, 5) is 0. The van der Waals surface area contributed by atoms with Crippen molar-refractivity contribution in [3.05, 3.63) is 19.3 Å². The van der Waals surface area contributed by atoms with Crippen molar-refractivity contribution in [3.63, 3.8) is 0 Å². The predicted molar refractivity (Wildman–Crippen MR) is 97.8 cm³/mol. The Bertz CT molecular complexity index is 362. The number of hydrogen-bond acceptors (Lipinski definition) is 0. The van der Waals surface area contributed by atoms with Crippen LogP contribution in [0.1, 0.15) is 0 Å². The van der Waals surface area contributed by atoms with Crippen molar-refractivity contribution in [3.8, 4) is 0 Å². The van der Waals surface area contributed by atoms with Gasteiger partial charge in [-0.15, -0.1) is 0 Å². The van der Waals surface area contributed by atoms with Crippen LogP contribution in [0, 0.1) is 7.14 Å². The molecule has 0 aliphatic heterocycles. The second-order valence-corrected chi connectivity index (χ2v) is 18.7. The molecule has 0 saturated carbocycles. The molecule has 1 aromatic rings. The SMILES string of the molecule is C[Si](C)(C)c1cc(I)c(I)cc1[Si](C)(C)C. The lowest BCUT2D eigenvalue weighted by molar-refractivity contribution is 1.59. The minimum absolute atomic E-state index is 1.22. The average Bonchev–Trinajstić information content (AvgIpc) is 2.05. The van der Waals surface area contributed by atoms with Crippen LogP contribution in [-0.4, -0.2) is 16.1 Å². The zero-order chi connectivity index (χ0) is 12.7. The van der Waals surface area contributed by atoms with Gasteiger partial charge in [-0.1, -0.05) is 49.7 Å². The second-order valence-electron chi connectivity index (χ2n) is 6.31. The van der Waals surface area contributed by atoms with Crippen molar-refractivity contribution >= 4 is 71.7 Å². The Morgan fingerprint density at radius 3 is 1.12 bits per heavy atom. The standard InChI is InChI=1S/C12H20I2Si2/c1-15(2,3)11-7-9(13)10(14)8-12(11)16(4,5)6/h7-8H,1-6H3. The summed E-state index contributed by atoms with van der Waals surface area (Å²) < 4.78 is 2.83. The highest BCUT2D eigenvalue weighted by Crippen LogP contribution is 2.16. The molecule has 0 unspecified atom stereocenters. The molecule has 1 rings (SSSR count). The van der Waals surface area contributed by atoms with Crippen LogP contribution in [0.15, 0.2) is 12.1 Å². The smallest absolute Gasteiger partial charge is 0.0656 e. The van der Waals surface area contributed by atoms with Gasteiger partial charge in [0.25, 0.3) is 0 Å². The first-order valence-corrected chi connectivity index (χ1v) is 14.7. The highest BCUT2D eigenvalue weighted by atomic mass is 127. The zero-order valence-corrected chi connectivity index (χ0v) is 17.2. The van der Waals surface area contributed by atoms with Crippen LogP contribution in [-0.2, 0) is 0 Å². The lowest BCUT2D eigenvalue weighted by atomic mass is 10.4. The van der Waals surface area contributed by atoms with Gasteiger partial charge < -0.3 is 0 Å². The molecule has 4 heteroatoms. The van der Waals surface area contributed by atoms with E-state index in [1.165, 1.54) is 7.14 Å². The molecular formula is C12H20I2Si2. The first kappa shape index (κ1) is 15.2. The summed E-state index contributed by atoms with van der Waals surface area (Å²) in [6.45, 7) is 14.7. The Morgan fingerprint density at radius 1 is 0.688 bits per heavy atom. The Morgan fingerprint density at radius 2 is 0.938 bits per heavy atom. The van der Waals surface area contributed by atoms with Crippen LogP contribution >= 0.6 is 45.2 Å². The molecule has 0 spiro atoms. The molecule has 0 heterocycles. The predicted octanol–water partition coefficient (Wildman–Crippen LogP) is 3.99. The Labute approximate surface area is 129 Å². The van der Waals surface area contributed by atoms with E-state index in [1.807, 2.05) is 0 Å². The number of hydrogen-bond donors (Lipinski definition) is 0. The maximum Gasteiger partial charge on any atom is 0.0774 e. The Hall–Kier alpha value is 1.11. The molecule has 0 fully saturated rings. The molecule has 0 aromatic heterocycles. The van der Waals surface area contributed by atoms with Crippen molar-refractivity contribution in [2.45, 2.75) is 39.3 Å². The van der Waals surface area contributed by atoms with Gasteiger partial charge in [0.2, 0.25) is 0 Å². The van der Waals surface area contributed by atoms with Crippen LogP contribution in [0.25, 0.3) is 0 Å². The minimum atomic E-state index is -1.22. The fourth-order valence-corrected chi connectivity index (χ4v) is 8.47. The fourth-order valence-electron chi connectivity index (χ4n) is 1.79. The van der Waals surface area contributed by atoms with E-state index in [1.54, 1.807) is 10.4 Å². The third-order valence-electron chi connectivity index (χ3n) is 2.68. The van der Waals surface area contributed by atoms with Gasteiger partial charge in [0.1, 0.15) is 0 Å².